The first kappa shape index (κ1) is 37.8. The van der Waals surface area contributed by atoms with Gasteiger partial charge in [0.05, 0.1) is 10.8 Å². The second kappa shape index (κ2) is 15.1. The van der Waals surface area contributed by atoms with Crippen LogP contribution in [0.15, 0.2) is 84.9 Å². The summed E-state index contributed by atoms with van der Waals surface area (Å²) in [5, 5.41) is 13.8. The van der Waals surface area contributed by atoms with Crippen molar-refractivity contribution in [2.75, 3.05) is 6.61 Å². The molecule has 2 nitrogen and oxygen atoms in total. The normalized spacial score (nSPS) is 14.3. The second-order valence-corrected chi connectivity index (χ2v) is 24.9. The molecule has 3 aromatic carbocycles. The highest BCUT2D eigenvalue weighted by Gasteiger charge is 2.58. The van der Waals surface area contributed by atoms with Gasteiger partial charge in [-0.2, -0.15) is 13.2 Å². The van der Waals surface area contributed by atoms with E-state index in [1.54, 1.807) is 0 Å². The van der Waals surface area contributed by atoms with Gasteiger partial charge in [-0.05, 0) is 56.2 Å². The summed E-state index contributed by atoms with van der Waals surface area (Å²) in [6, 6.07) is 26.2. The molecule has 0 bridgehead atoms. The Labute approximate surface area is 277 Å². The lowest BCUT2D eigenvalue weighted by Crippen LogP contribution is -2.66. The lowest BCUT2D eigenvalue weighted by Gasteiger charge is -2.54. The molecule has 1 unspecified atom stereocenters. The number of benzene rings is 3. The van der Waals surface area contributed by atoms with Crippen LogP contribution in [0.4, 0.5) is 13.2 Å². The molecule has 0 aliphatic carbocycles. The van der Waals surface area contributed by atoms with E-state index in [1.165, 1.54) is 22.5 Å². The molecule has 3 aromatic rings. The second-order valence-electron chi connectivity index (χ2n) is 14.5. The minimum Gasteiger partial charge on any atom is -0.407 e. The van der Waals surface area contributed by atoms with Crippen LogP contribution in [-0.2, 0) is 15.8 Å². The van der Waals surface area contributed by atoms with Crippen LogP contribution in [0.1, 0.15) is 92.7 Å². The predicted molar refractivity (Wildman–Crippen MR) is 192 cm³/mol. The Balaban J connectivity index is 1.90. The summed E-state index contributed by atoms with van der Waals surface area (Å²) in [6.07, 6.45) is -2.91. The van der Waals surface area contributed by atoms with Crippen LogP contribution in [0.2, 0.25) is 21.7 Å². The molecule has 0 aliphatic heterocycles. The zero-order chi connectivity index (χ0) is 34.4. The molecule has 0 fully saturated rings. The van der Waals surface area contributed by atoms with Crippen molar-refractivity contribution in [3.8, 4) is 11.8 Å². The molecule has 0 aliphatic rings. The topological polar surface area (TPSA) is 29.5 Å². The number of aliphatic hydroxyl groups is 1. The molecule has 0 amide bonds. The van der Waals surface area contributed by atoms with Crippen molar-refractivity contribution in [1.82, 2.24) is 0 Å². The maximum atomic E-state index is 13.4. The maximum Gasteiger partial charge on any atom is 0.416 e. The zero-order valence-corrected chi connectivity index (χ0v) is 31.1. The van der Waals surface area contributed by atoms with Crippen LogP contribution in [-0.4, -0.2) is 28.1 Å². The predicted octanol–water partition coefficient (Wildman–Crippen LogP) is 9.86. The van der Waals surface area contributed by atoms with Gasteiger partial charge in [0.1, 0.15) is 8.07 Å². The molecule has 0 saturated carbocycles. The first-order valence-electron chi connectivity index (χ1n) is 16.6. The molecule has 46 heavy (non-hydrogen) atoms. The Morgan fingerprint density at radius 2 is 1.11 bits per heavy atom. The summed E-state index contributed by atoms with van der Waals surface area (Å²) in [6.45, 7) is 20.2. The van der Waals surface area contributed by atoms with Gasteiger partial charge in [0.15, 0.2) is 0 Å². The van der Waals surface area contributed by atoms with E-state index in [0.717, 1.165) is 18.6 Å². The Bertz CT molecular complexity index is 1370. The van der Waals surface area contributed by atoms with E-state index < -0.39 is 33.4 Å². The minimum absolute atomic E-state index is 0.113. The quantitative estimate of drug-likeness (QED) is 0.118. The van der Waals surface area contributed by atoms with Gasteiger partial charge in [-0.15, -0.1) is 11.8 Å². The van der Waals surface area contributed by atoms with Gasteiger partial charge in [0.2, 0.25) is 0 Å². The minimum atomic E-state index is -4.43. The number of rotatable bonds is 12. The van der Waals surface area contributed by atoms with E-state index in [2.05, 4.69) is 123 Å². The fraction of sp³-hybridized carbons (Fsp3) is 0.487. The van der Waals surface area contributed by atoms with Crippen LogP contribution in [0, 0.1) is 11.8 Å². The van der Waals surface area contributed by atoms with Gasteiger partial charge >= 0.3 is 6.18 Å². The molecule has 0 aromatic heterocycles. The first-order valence-corrected chi connectivity index (χ1v) is 20.7. The van der Waals surface area contributed by atoms with E-state index in [-0.39, 0.29) is 28.1 Å². The molecule has 3 rings (SSSR count). The Hall–Kier alpha value is -2.64. The fourth-order valence-corrected chi connectivity index (χ4v) is 20.8. The molecular formula is C39H53F3O2Si2. The summed E-state index contributed by atoms with van der Waals surface area (Å²) in [5.41, 5.74) is 0.369. The summed E-state index contributed by atoms with van der Waals surface area (Å²) in [4.78, 5) is 0. The third-order valence-corrected chi connectivity index (χ3v) is 22.6. The van der Waals surface area contributed by atoms with E-state index >= 15 is 0 Å². The number of hydrogen-bond donors (Lipinski definition) is 1. The average molecular weight is 667 g/mol. The molecule has 1 atom stereocenters. The van der Waals surface area contributed by atoms with E-state index in [0.29, 0.717) is 18.6 Å². The van der Waals surface area contributed by atoms with Crippen LogP contribution >= 0.6 is 0 Å². The SMILES string of the molecule is CC(C)[Si](C(C)C)(C(C)C)C(O)(CC#CCCCO[Si](c1ccccc1)(c1ccccc1)C(C)(C)C)c1ccc(C(F)(F)F)cc1. The molecular weight excluding hydrogens is 614 g/mol. The van der Waals surface area contributed by atoms with Crippen molar-refractivity contribution in [3.05, 3.63) is 96.1 Å². The molecule has 250 valence electrons. The lowest BCUT2D eigenvalue weighted by molar-refractivity contribution is -0.137. The van der Waals surface area contributed by atoms with Crippen molar-refractivity contribution in [3.63, 3.8) is 0 Å². The molecule has 1 N–H and O–H groups in total. The highest BCUT2D eigenvalue weighted by Crippen LogP contribution is 2.54. The summed E-state index contributed by atoms with van der Waals surface area (Å²) < 4.78 is 47.3. The Morgan fingerprint density at radius 1 is 0.674 bits per heavy atom. The molecule has 0 saturated heterocycles. The van der Waals surface area contributed by atoms with E-state index in [4.69, 9.17) is 4.43 Å². The van der Waals surface area contributed by atoms with E-state index in [1.807, 2.05) is 12.1 Å². The molecule has 7 heteroatoms. The number of halogens is 3. The van der Waals surface area contributed by atoms with Crippen molar-refractivity contribution >= 4 is 26.8 Å². The van der Waals surface area contributed by atoms with Crippen molar-refractivity contribution in [2.24, 2.45) is 0 Å². The average Bonchev–Trinajstić information content (AvgIpc) is 2.98. The summed E-state index contributed by atoms with van der Waals surface area (Å²) in [7, 11) is -5.26. The van der Waals surface area contributed by atoms with Crippen molar-refractivity contribution < 1.29 is 22.7 Å². The number of alkyl halides is 3. The summed E-state index contributed by atoms with van der Waals surface area (Å²) >= 11 is 0. The highest BCUT2D eigenvalue weighted by molar-refractivity contribution is 6.99. The standard InChI is InChI=1S/C39H53F3O2Si2/c1-30(2)45(31(3)4,32(5)6)38(43,33-24-26-34(27-25-33)39(40,41)42)28-18-10-11-19-29-44-46(37(7,8)9,35-20-14-12-15-21-35)36-22-16-13-17-23-36/h12-17,20-27,30-32,43H,11,19,28-29H2,1-9H3. The van der Waals surface area contributed by atoms with Crippen LogP contribution in [0.5, 0.6) is 0 Å². The molecule has 0 heterocycles. The summed E-state index contributed by atoms with van der Waals surface area (Å²) in [5.74, 6) is 6.61. The van der Waals surface area contributed by atoms with Crippen molar-refractivity contribution in [2.45, 2.75) is 115 Å². The first-order chi connectivity index (χ1) is 21.5. The monoisotopic (exact) mass is 666 g/mol. The zero-order valence-electron chi connectivity index (χ0n) is 29.1. The fourth-order valence-electron chi connectivity index (χ4n) is 8.30. The molecule has 0 spiro atoms. The van der Waals surface area contributed by atoms with Gasteiger partial charge in [-0.3, -0.25) is 0 Å². The number of hydrogen-bond acceptors (Lipinski definition) is 2. The van der Waals surface area contributed by atoms with Crippen LogP contribution in [0.3, 0.4) is 0 Å². The smallest absolute Gasteiger partial charge is 0.407 e. The lowest BCUT2D eigenvalue weighted by atomic mass is 10.0. The maximum absolute atomic E-state index is 13.4. The highest BCUT2D eigenvalue weighted by atomic mass is 28.4. The van der Waals surface area contributed by atoms with Gasteiger partial charge in [-0.1, -0.05) is 135 Å². The van der Waals surface area contributed by atoms with E-state index in [9.17, 15) is 18.3 Å². The largest absolute Gasteiger partial charge is 0.416 e. The van der Waals surface area contributed by atoms with Crippen LogP contribution in [0.25, 0.3) is 0 Å². The van der Waals surface area contributed by atoms with Crippen molar-refractivity contribution in [1.29, 1.82) is 0 Å². The third kappa shape index (κ3) is 7.41. The van der Waals surface area contributed by atoms with Gasteiger partial charge in [-0.25, -0.2) is 0 Å². The van der Waals surface area contributed by atoms with Crippen LogP contribution < -0.4 is 10.4 Å². The van der Waals surface area contributed by atoms with Gasteiger partial charge < -0.3 is 9.53 Å². The molecule has 0 radical (unpaired) electrons. The third-order valence-electron chi connectivity index (χ3n) is 9.92. The Kier molecular flexibility index (Phi) is 12.4. The number of unbranched alkanes of at least 4 members (excludes halogenated alkanes) is 1. The van der Waals surface area contributed by atoms with Gasteiger partial charge in [0.25, 0.3) is 8.32 Å². The Morgan fingerprint density at radius 3 is 1.50 bits per heavy atom. The van der Waals surface area contributed by atoms with Gasteiger partial charge in [0, 0.05) is 19.4 Å².